The first-order valence-electron chi connectivity index (χ1n) is 12.6. The summed E-state index contributed by atoms with van der Waals surface area (Å²) in [4.78, 5) is 41.4. The van der Waals surface area contributed by atoms with Crippen molar-refractivity contribution in [1.82, 2.24) is 15.1 Å². The molecule has 1 unspecified atom stereocenters. The highest BCUT2D eigenvalue weighted by molar-refractivity contribution is 6.00. The molecular weight excluding hydrogens is 494 g/mol. The van der Waals surface area contributed by atoms with Crippen molar-refractivity contribution in [3.8, 4) is 0 Å². The maximum Gasteiger partial charge on any atom is 0.290 e. The molecular formula is C28H30F2N4O4. The van der Waals surface area contributed by atoms with Crippen LogP contribution in [0.1, 0.15) is 28.4 Å². The second-order valence-electron chi connectivity index (χ2n) is 10.2. The average molecular weight is 525 g/mol. The number of nitrogens with zero attached hydrogens (tertiary/aromatic N) is 2. The van der Waals surface area contributed by atoms with E-state index in [4.69, 9.17) is 0 Å². The standard InChI is InChI=1S/C28H30F2N4O4/c1-3-14-34-26(38)23-27(34,2)28(29,30)16-33(23)25(37)22(35)21(15-17-8-5-4-6-9-17)32-24(36)19-10-7-11-20-18(19)12-13-31-20/h3-11,21-23,31,35H,1,12-16H2,2H3,(H,32,36)/t21-,22-,23+,27?/m0/s1. The van der Waals surface area contributed by atoms with Crippen LogP contribution >= 0.6 is 0 Å². The van der Waals surface area contributed by atoms with E-state index in [1.54, 1.807) is 36.4 Å². The van der Waals surface area contributed by atoms with Gasteiger partial charge in [0.1, 0.15) is 11.6 Å². The van der Waals surface area contributed by atoms with Crippen molar-refractivity contribution in [3.05, 3.63) is 77.9 Å². The maximum atomic E-state index is 15.2. The summed E-state index contributed by atoms with van der Waals surface area (Å²) in [6, 6.07) is 11.7. The Morgan fingerprint density at radius 3 is 2.68 bits per heavy atom. The monoisotopic (exact) mass is 524 g/mol. The molecule has 0 saturated carbocycles. The van der Waals surface area contributed by atoms with Gasteiger partial charge < -0.3 is 25.5 Å². The number of hydrogen-bond donors (Lipinski definition) is 3. The summed E-state index contributed by atoms with van der Waals surface area (Å²) in [7, 11) is 0. The number of aliphatic hydroxyl groups is 1. The van der Waals surface area contributed by atoms with Crippen molar-refractivity contribution >= 4 is 23.4 Å². The van der Waals surface area contributed by atoms with Gasteiger partial charge in [-0.1, -0.05) is 42.5 Å². The highest BCUT2D eigenvalue weighted by Crippen LogP contribution is 2.52. The molecule has 0 bridgehead atoms. The lowest BCUT2D eigenvalue weighted by Crippen LogP contribution is -2.78. The molecule has 2 fully saturated rings. The van der Waals surface area contributed by atoms with Crippen LogP contribution in [0.3, 0.4) is 0 Å². The predicted molar refractivity (Wildman–Crippen MR) is 137 cm³/mol. The number of fused-ring (bicyclic) bond motifs is 2. The highest BCUT2D eigenvalue weighted by Gasteiger charge is 2.77. The number of carbonyl (C=O) groups excluding carboxylic acids is 3. The molecule has 8 nitrogen and oxygen atoms in total. The largest absolute Gasteiger partial charge is 0.384 e. The molecule has 4 atom stereocenters. The molecule has 3 heterocycles. The first kappa shape index (κ1) is 25.8. The van der Waals surface area contributed by atoms with Crippen LogP contribution in [-0.2, 0) is 22.4 Å². The molecule has 10 heteroatoms. The van der Waals surface area contributed by atoms with Crippen LogP contribution in [-0.4, -0.2) is 81.9 Å². The molecule has 0 spiro atoms. The summed E-state index contributed by atoms with van der Waals surface area (Å²) < 4.78 is 30.3. The topological polar surface area (TPSA) is 102 Å². The van der Waals surface area contributed by atoms with Crippen LogP contribution in [0.5, 0.6) is 0 Å². The summed E-state index contributed by atoms with van der Waals surface area (Å²) in [5.41, 5.74) is 0.933. The van der Waals surface area contributed by atoms with Crippen LogP contribution in [0, 0.1) is 0 Å². The number of carbonyl (C=O) groups is 3. The number of β-lactam (4-membered cyclic amide) rings is 1. The number of anilines is 1. The van der Waals surface area contributed by atoms with Gasteiger partial charge in [-0.25, -0.2) is 8.78 Å². The third-order valence-corrected chi connectivity index (χ3v) is 7.97. The minimum absolute atomic E-state index is 0.0745. The summed E-state index contributed by atoms with van der Waals surface area (Å²) in [5, 5.41) is 17.2. The fourth-order valence-electron chi connectivity index (χ4n) is 5.87. The molecule has 3 aliphatic heterocycles. The van der Waals surface area contributed by atoms with E-state index in [1.807, 2.05) is 12.1 Å². The maximum absolute atomic E-state index is 15.2. The van der Waals surface area contributed by atoms with Crippen molar-refractivity contribution in [2.24, 2.45) is 0 Å². The van der Waals surface area contributed by atoms with Crippen LogP contribution in [0.2, 0.25) is 0 Å². The van der Waals surface area contributed by atoms with Crippen molar-refractivity contribution in [3.63, 3.8) is 0 Å². The normalized spacial score (nSPS) is 24.5. The van der Waals surface area contributed by atoms with Crippen molar-refractivity contribution in [2.45, 2.75) is 49.4 Å². The molecule has 2 saturated heterocycles. The molecule has 0 aromatic heterocycles. The molecule has 3 amide bonds. The molecule has 0 aliphatic carbocycles. The molecule has 0 radical (unpaired) electrons. The fourth-order valence-corrected chi connectivity index (χ4v) is 5.87. The van der Waals surface area contributed by atoms with Gasteiger partial charge in [0.05, 0.1) is 12.6 Å². The number of alkyl halides is 2. The van der Waals surface area contributed by atoms with Gasteiger partial charge in [0, 0.05) is 24.3 Å². The van der Waals surface area contributed by atoms with E-state index in [9.17, 15) is 19.5 Å². The van der Waals surface area contributed by atoms with E-state index in [2.05, 4.69) is 17.2 Å². The number of rotatable bonds is 8. The Labute approximate surface area is 219 Å². The molecule has 2 aromatic rings. The molecule has 3 N–H and O–H groups in total. The van der Waals surface area contributed by atoms with E-state index in [1.165, 1.54) is 13.0 Å². The van der Waals surface area contributed by atoms with Crippen LogP contribution in [0.4, 0.5) is 14.5 Å². The van der Waals surface area contributed by atoms with E-state index >= 15 is 8.78 Å². The predicted octanol–water partition coefficient (Wildman–Crippen LogP) is 1.99. The van der Waals surface area contributed by atoms with Gasteiger partial charge in [0.15, 0.2) is 6.10 Å². The average Bonchev–Trinajstić information content (AvgIpc) is 3.45. The number of aliphatic hydroxyl groups excluding tert-OH is 1. The number of hydrogen-bond acceptors (Lipinski definition) is 5. The SMILES string of the molecule is C=CCN1C(=O)[C@H]2N(C(=O)[C@@H](O)[C@H](Cc3ccccc3)NC(=O)c3cccc4c3CCN4)CC(F)(F)C21C. The Balaban J connectivity index is 1.41. The van der Waals surface area contributed by atoms with Gasteiger partial charge in [-0.05, 0) is 43.0 Å². The van der Waals surface area contributed by atoms with E-state index < -0.39 is 53.9 Å². The summed E-state index contributed by atoms with van der Waals surface area (Å²) in [6.07, 6.45) is 0.232. The lowest BCUT2D eigenvalue weighted by molar-refractivity contribution is -0.188. The summed E-state index contributed by atoms with van der Waals surface area (Å²) >= 11 is 0. The minimum atomic E-state index is -3.39. The van der Waals surface area contributed by atoms with E-state index in [-0.39, 0.29) is 13.0 Å². The van der Waals surface area contributed by atoms with Gasteiger partial charge in [-0.3, -0.25) is 14.4 Å². The van der Waals surface area contributed by atoms with Crippen molar-refractivity contribution < 1.29 is 28.3 Å². The number of likely N-dealkylation sites (tertiary alicyclic amines) is 2. The Morgan fingerprint density at radius 1 is 1.24 bits per heavy atom. The van der Waals surface area contributed by atoms with Gasteiger partial charge in [0.2, 0.25) is 5.91 Å². The highest BCUT2D eigenvalue weighted by atomic mass is 19.3. The zero-order valence-corrected chi connectivity index (χ0v) is 21.0. The van der Waals surface area contributed by atoms with Gasteiger partial charge in [-0.15, -0.1) is 6.58 Å². The summed E-state index contributed by atoms with van der Waals surface area (Å²) in [6.45, 7) is 4.38. The quantitative estimate of drug-likeness (QED) is 0.362. The van der Waals surface area contributed by atoms with Crippen LogP contribution in [0.15, 0.2) is 61.2 Å². The molecule has 3 aliphatic rings. The first-order chi connectivity index (χ1) is 18.1. The molecule has 200 valence electrons. The Hall–Kier alpha value is -3.79. The zero-order chi connectivity index (χ0) is 27.2. The third-order valence-electron chi connectivity index (χ3n) is 7.97. The minimum Gasteiger partial charge on any atom is -0.384 e. The van der Waals surface area contributed by atoms with Gasteiger partial charge in [-0.2, -0.15) is 0 Å². The third kappa shape index (κ3) is 3.94. The van der Waals surface area contributed by atoms with Crippen LogP contribution < -0.4 is 10.6 Å². The number of nitrogens with one attached hydrogen (secondary N) is 2. The Morgan fingerprint density at radius 2 is 1.97 bits per heavy atom. The molecule has 2 aromatic carbocycles. The van der Waals surface area contributed by atoms with Crippen molar-refractivity contribution in [1.29, 1.82) is 0 Å². The smallest absolute Gasteiger partial charge is 0.290 e. The lowest BCUT2D eigenvalue weighted by atomic mass is 9.78. The van der Waals surface area contributed by atoms with Gasteiger partial charge >= 0.3 is 0 Å². The molecule has 38 heavy (non-hydrogen) atoms. The summed E-state index contributed by atoms with van der Waals surface area (Å²) in [5.74, 6) is -5.51. The van der Waals surface area contributed by atoms with Gasteiger partial charge in [0.25, 0.3) is 17.7 Å². The number of halogens is 2. The zero-order valence-electron chi connectivity index (χ0n) is 21.0. The Bertz CT molecular complexity index is 1290. The van der Waals surface area contributed by atoms with E-state index in [0.717, 1.165) is 26.6 Å². The second kappa shape index (κ2) is 9.50. The Kier molecular flexibility index (Phi) is 6.46. The number of amides is 3. The van der Waals surface area contributed by atoms with Crippen LogP contribution in [0.25, 0.3) is 0 Å². The lowest BCUT2D eigenvalue weighted by Gasteiger charge is -2.54. The molecule has 5 rings (SSSR count). The van der Waals surface area contributed by atoms with Crippen molar-refractivity contribution in [2.75, 3.05) is 25.0 Å². The van der Waals surface area contributed by atoms with E-state index in [0.29, 0.717) is 18.5 Å². The number of benzene rings is 2. The first-order valence-corrected chi connectivity index (χ1v) is 12.6. The second-order valence-corrected chi connectivity index (χ2v) is 10.2. The fraction of sp³-hybridized carbons (Fsp3) is 0.393.